The standard InChI is InChI=1S/C12H26N2O/c1-2-3-6-11(13)9-14-10-12-7-4-5-8-15-12/h11-12,14H,2-10,13H2,1H3. The zero-order valence-electron chi connectivity index (χ0n) is 10.0. The van der Waals surface area contributed by atoms with Gasteiger partial charge >= 0.3 is 0 Å². The van der Waals surface area contributed by atoms with Crippen molar-refractivity contribution in [1.82, 2.24) is 5.32 Å². The van der Waals surface area contributed by atoms with Crippen LogP contribution in [0, 0.1) is 0 Å². The molecule has 90 valence electrons. The van der Waals surface area contributed by atoms with Crippen LogP contribution >= 0.6 is 0 Å². The summed E-state index contributed by atoms with van der Waals surface area (Å²) < 4.78 is 5.64. The van der Waals surface area contributed by atoms with Crippen molar-refractivity contribution in [2.45, 2.75) is 57.6 Å². The van der Waals surface area contributed by atoms with E-state index in [0.717, 1.165) is 26.1 Å². The predicted octanol–water partition coefficient (Wildman–Crippen LogP) is 1.66. The Hall–Kier alpha value is -0.120. The zero-order valence-corrected chi connectivity index (χ0v) is 10.0. The topological polar surface area (TPSA) is 47.3 Å². The lowest BCUT2D eigenvalue weighted by atomic mass is 10.1. The normalized spacial score (nSPS) is 24.0. The number of hydrogen-bond acceptors (Lipinski definition) is 3. The van der Waals surface area contributed by atoms with E-state index in [1.54, 1.807) is 0 Å². The molecule has 15 heavy (non-hydrogen) atoms. The summed E-state index contributed by atoms with van der Waals surface area (Å²) in [6, 6.07) is 0.313. The molecule has 3 N–H and O–H groups in total. The second-order valence-corrected chi connectivity index (χ2v) is 4.55. The van der Waals surface area contributed by atoms with Crippen molar-refractivity contribution in [2.75, 3.05) is 19.7 Å². The second-order valence-electron chi connectivity index (χ2n) is 4.55. The monoisotopic (exact) mass is 214 g/mol. The van der Waals surface area contributed by atoms with Gasteiger partial charge in [0.15, 0.2) is 0 Å². The third-order valence-corrected chi connectivity index (χ3v) is 2.98. The Kier molecular flexibility index (Phi) is 6.98. The van der Waals surface area contributed by atoms with Crippen LogP contribution in [0.1, 0.15) is 45.4 Å². The van der Waals surface area contributed by atoms with Gasteiger partial charge in [-0.2, -0.15) is 0 Å². The lowest BCUT2D eigenvalue weighted by molar-refractivity contribution is 0.0168. The molecule has 0 aromatic carbocycles. The van der Waals surface area contributed by atoms with Crippen molar-refractivity contribution < 1.29 is 4.74 Å². The number of rotatable bonds is 7. The van der Waals surface area contributed by atoms with Gasteiger partial charge in [0.25, 0.3) is 0 Å². The number of nitrogens with two attached hydrogens (primary N) is 1. The lowest BCUT2D eigenvalue weighted by Crippen LogP contribution is -2.39. The van der Waals surface area contributed by atoms with Gasteiger partial charge in [0.05, 0.1) is 6.10 Å². The van der Waals surface area contributed by atoms with Crippen molar-refractivity contribution in [3.63, 3.8) is 0 Å². The van der Waals surface area contributed by atoms with Crippen LogP contribution in [0.2, 0.25) is 0 Å². The van der Waals surface area contributed by atoms with Gasteiger partial charge in [-0.25, -0.2) is 0 Å². The molecule has 1 heterocycles. The van der Waals surface area contributed by atoms with Crippen LogP contribution in [-0.2, 0) is 4.74 Å². The number of ether oxygens (including phenoxy) is 1. The van der Waals surface area contributed by atoms with E-state index in [9.17, 15) is 0 Å². The minimum Gasteiger partial charge on any atom is -0.377 e. The van der Waals surface area contributed by atoms with Crippen LogP contribution in [0.15, 0.2) is 0 Å². The van der Waals surface area contributed by atoms with Crippen LogP contribution < -0.4 is 11.1 Å². The van der Waals surface area contributed by atoms with E-state index in [2.05, 4.69) is 12.2 Å². The predicted molar refractivity (Wildman–Crippen MR) is 64.0 cm³/mol. The summed E-state index contributed by atoms with van der Waals surface area (Å²) in [6.07, 6.45) is 7.78. The third kappa shape index (κ3) is 6.13. The first kappa shape index (κ1) is 12.9. The Morgan fingerprint density at radius 1 is 1.47 bits per heavy atom. The van der Waals surface area contributed by atoms with Gasteiger partial charge < -0.3 is 15.8 Å². The van der Waals surface area contributed by atoms with Gasteiger partial charge in [0.2, 0.25) is 0 Å². The number of hydrogen-bond donors (Lipinski definition) is 2. The summed E-state index contributed by atoms with van der Waals surface area (Å²) >= 11 is 0. The van der Waals surface area contributed by atoms with Crippen molar-refractivity contribution in [2.24, 2.45) is 5.73 Å². The molecular formula is C12H26N2O. The van der Waals surface area contributed by atoms with E-state index in [-0.39, 0.29) is 0 Å². The largest absolute Gasteiger partial charge is 0.377 e. The fourth-order valence-electron chi connectivity index (χ4n) is 1.97. The Bertz CT molecular complexity index is 147. The smallest absolute Gasteiger partial charge is 0.0699 e. The quantitative estimate of drug-likeness (QED) is 0.677. The van der Waals surface area contributed by atoms with Crippen LogP contribution in [0.5, 0.6) is 0 Å². The van der Waals surface area contributed by atoms with E-state index in [1.807, 2.05) is 0 Å². The summed E-state index contributed by atoms with van der Waals surface area (Å²) in [5.74, 6) is 0. The highest BCUT2D eigenvalue weighted by Crippen LogP contribution is 2.11. The molecule has 1 rings (SSSR count). The van der Waals surface area contributed by atoms with Crippen LogP contribution in [-0.4, -0.2) is 31.8 Å². The van der Waals surface area contributed by atoms with Crippen LogP contribution in [0.4, 0.5) is 0 Å². The second kappa shape index (κ2) is 8.08. The van der Waals surface area contributed by atoms with Crippen molar-refractivity contribution >= 4 is 0 Å². The van der Waals surface area contributed by atoms with Gasteiger partial charge in [-0.1, -0.05) is 19.8 Å². The van der Waals surface area contributed by atoms with Crippen molar-refractivity contribution in [3.05, 3.63) is 0 Å². The molecule has 0 saturated carbocycles. The fraction of sp³-hybridized carbons (Fsp3) is 1.00. The molecule has 0 aromatic rings. The van der Waals surface area contributed by atoms with Gasteiger partial charge in [0.1, 0.15) is 0 Å². The highest BCUT2D eigenvalue weighted by molar-refractivity contribution is 4.69. The Morgan fingerprint density at radius 3 is 3.00 bits per heavy atom. The van der Waals surface area contributed by atoms with E-state index in [0.29, 0.717) is 12.1 Å². The van der Waals surface area contributed by atoms with E-state index in [4.69, 9.17) is 10.5 Å². The molecule has 3 heteroatoms. The maximum atomic E-state index is 5.97. The molecule has 0 aromatic heterocycles. The van der Waals surface area contributed by atoms with Crippen LogP contribution in [0.25, 0.3) is 0 Å². The molecule has 1 aliphatic rings. The molecule has 1 aliphatic heterocycles. The molecule has 1 fully saturated rings. The summed E-state index contributed by atoms with van der Waals surface area (Å²) in [5, 5.41) is 3.41. The maximum absolute atomic E-state index is 5.97. The van der Waals surface area contributed by atoms with Gasteiger partial charge in [-0.05, 0) is 25.7 Å². The van der Waals surface area contributed by atoms with E-state index < -0.39 is 0 Å². The maximum Gasteiger partial charge on any atom is 0.0699 e. The molecule has 0 aliphatic carbocycles. The van der Waals surface area contributed by atoms with Crippen molar-refractivity contribution in [1.29, 1.82) is 0 Å². The molecule has 0 radical (unpaired) electrons. The van der Waals surface area contributed by atoms with E-state index in [1.165, 1.54) is 32.1 Å². The minimum atomic E-state index is 0.313. The Balaban J connectivity index is 1.94. The van der Waals surface area contributed by atoms with Crippen LogP contribution in [0.3, 0.4) is 0 Å². The molecule has 1 saturated heterocycles. The molecule has 0 spiro atoms. The zero-order chi connectivity index (χ0) is 10.9. The summed E-state index contributed by atoms with van der Waals surface area (Å²) in [5.41, 5.74) is 5.97. The lowest BCUT2D eigenvalue weighted by Gasteiger charge is -2.23. The minimum absolute atomic E-state index is 0.313. The highest BCUT2D eigenvalue weighted by atomic mass is 16.5. The first-order chi connectivity index (χ1) is 7.33. The fourth-order valence-corrected chi connectivity index (χ4v) is 1.97. The average molecular weight is 214 g/mol. The highest BCUT2D eigenvalue weighted by Gasteiger charge is 2.13. The molecule has 0 amide bonds. The Morgan fingerprint density at radius 2 is 2.33 bits per heavy atom. The SMILES string of the molecule is CCCCC(N)CNCC1CCCCO1. The average Bonchev–Trinajstić information content (AvgIpc) is 2.28. The summed E-state index contributed by atoms with van der Waals surface area (Å²) in [4.78, 5) is 0. The van der Waals surface area contributed by atoms with Gasteiger partial charge in [-0.15, -0.1) is 0 Å². The first-order valence-electron chi connectivity index (χ1n) is 6.40. The summed E-state index contributed by atoms with van der Waals surface area (Å²) in [6.45, 7) is 5.05. The van der Waals surface area contributed by atoms with E-state index >= 15 is 0 Å². The van der Waals surface area contributed by atoms with Gasteiger partial charge in [0, 0.05) is 25.7 Å². The first-order valence-corrected chi connectivity index (χ1v) is 6.40. The molecule has 2 atom stereocenters. The molecule has 0 bridgehead atoms. The van der Waals surface area contributed by atoms with Gasteiger partial charge in [-0.3, -0.25) is 0 Å². The number of unbranched alkanes of at least 4 members (excludes halogenated alkanes) is 1. The molecular weight excluding hydrogens is 188 g/mol. The third-order valence-electron chi connectivity index (χ3n) is 2.98. The Labute approximate surface area is 93.8 Å². The molecule has 3 nitrogen and oxygen atoms in total. The number of nitrogens with one attached hydrogen (secondary N) is 1. The molecule has 2 unspecified atom stereocenters. The van der Waals surface area contributed by atoms with Crippen molar-refractivity contribution in [3.8, 4) is 0 Å². The summed E-state index contributed by atoms with van der Waals surface area (Å²) in [7, 11) is 0.